The molecule has 0 bridgehead atoms. The Hall–Kier alpha value is -3.73. The number of H-pyrrole nitrogens is 2. The van der Waals surface area contributed by atoms with E-state index < -0.39 is 11.2 Å². The van der Waals surface area contributed by atoms with Gasteiger partial charge in [0.05, 0.1) is 17.4 Å². The van der Waals surface area contributed by atoms with E-state index in [4.69, 9.17) is 5.73 Å². The summed E-state index contributed by atoms with van der Waals surface area (Å²) in [5.41, 5.74) is 5.35. The third-order valence-electron chi connectivity index (χ3n) is 5.86. The molecule has 11 nitrogen and oxygen atoms in total. The van der Waals surface area contributed by atoms with E-state index in [1.807, 2.05) is 40.7 Å². The largest absolute Gasteiger partial charge is 0.383 e. The molecule has 0 radical (unpaired) electrons. The number of nitrogens with zero attached hydrogens (tertiary/aromatic N) is 3. The summed E-state index contributed by atoms with van der Waals surface area (Å²) >= 11 is 0. The van der Waals surface area contributed by atoms with Gasteiger partial charge in [0, 0.05) is 13.1 Å². The molecule has 3 aromatic rings. The molecular weight excluding hydrogens is 462 g/mol. The average molecular weight is 499 g/mol. The summed E-state index contributed by atoms with van der Waals surface area (Å²) < 4.78 is 1.30. The maximum Gasteiger partial charge on any atom is 0.330 e. The highest BCUT2D eigenvalue weighted by Crippen LogP contribution is 2.19. The van der Waals surface area contributed by atoms with Crippen LogP contribution in [0.4, 0.5) is 11.5 Å². The zero-order valence-corrected chi connectivity index (χ0v) is 21.6. The second kappa shape index (κ2) is 11.3. The SMILES string of the molecule is CC[NH+](CC(=O)N(CC(C)C)c1c(N)n(CC(C)C)c(=O)[nH]c1=O)Cc1nc2ccccc2c(=O)[nH]1. The van der Waals surface area contributed by atoms with Crippen molar-refractivity contribution >= 4 is 28.3 Å². The Morgan fingerprint density at radius 1 is 1.08 bits per heavy atom. The second-order valence-electron chi connectivity index (χ2n) is 9.88. The van der Waals surface area contributed by atoms with Crippen molar-refractivity contribution in [1.29, 1.82) is 0 Å². The number of rotatable bonds is 10. The van der Waals surface area contributed by atoms with Gasteiger partial charge in [0.25, 0.3) is 17.0 Å². The Bertz CT molecular complexity index is 1400. The molecule has 1 amide bonds. The fourth-order valence-corrected chi connectivity index (χ4v) is 4.14. The van der Waals surface area contributed by atoms with E-state index in [-0.39, 0.29) is 47.9 Å². The Labute approximate surface area is 209 Å². The van der Waals surface area contributed by atoms with Crippen molar-refractivity contribution in [2.24, 2.45) is 11.8 Å². The van der Waals surface area contributed by atoms with Gasteiger partial charge in [0.2, 0.25) is 0 Å². The van der Waals surface area contributed by atoms with Crippen molar-refractivity contribution in [2.75, 3.05) is 30.3 Å². The third kappa shape index (κ3) is 6.09. The molecule has 0 aliphatic carbocycles. The normalized spacial score (nSPS) is 12.4. The average Bonchev–Trinajstić information content (AvgIpc) is 2.80. The van der Waals surface area contributed by atoms with Crippen molar-refractivity contribution in [3.8, 4) is 0 Å². The van der Waals surface area contributed by atoms with Crippen molar-refractivity contribution in [1.82, 2.24) is 19.5 Å². The van der Waals surface area contributed by atoms with E-state index >= 15 is 0 Å². The van der Waals surface area contributed by atoms with E-state index in [0.29, 0.717) is 36.4 Å². The summed E-state index contributed by atoms with van der Waals surface area (Å²) in [5, 5.41) is 0.504. The number of carbonyl (C=O) groups excluding carboxylic acids is 1. The highest BCUT2D eigenvalue weighted by Gasteiger charge is 2.28. The van der Waals surface area contributed by atoms with Crippen LogP contribution in [0.3, 0.4) is 0 Å². The molecule has 11 heteroatoms. The van der Waals surface area contributed by atoms with Gasteiger partial charge in [0.1, 0.15) is 12.4 Å². The van der Waals surface area contributed by atoms with Crippen LogP contribution in [0, 0.1) is 11.8 Å². The predicted molar refractivity (Wildman–Crippen MR) is 140 cm³/mol. The summed E-state index contributed by atoms with van der Waals surface area (Å²) in [6, 6.07) is 7.08. The molecule has 0 fully saturated rings. The van der Waals surface area contributed by atoms with Crippen LogP contribution in [0.15, 0.2) is 38.6 Å². The highest BCUT2D eigenvalue weighted by atomic mass is 16.2. The molecule has 5 N–H and O–H groups in total. The number of amides is 1. The van der Waals surface area contributed by atoms with Crippen LogP contribution in [0.5, 0.6) is 0 Å². The summed E-state index contributed by atoms with van der Waals surface area (Å²) in [5.74, 6) is 0.290. The maximum atomic E-state index is 13.6. The smallest absolute Gasteiger partial charge is 0.330 e. The minimum absolute atomic E-state index is 0.0124. The van der Waals surface area contributed by atoms with E-state index in [2.05, 4.69) is 15.0 Å². The molecule has 1 aromatic carbocycles. The van der Waals surface area contributed by atoms with Crippen molar-refractivity contribution in [2.45, 2.75) is 47.7 Å². The van der Waals surface area contributed by atoms with Gasteiger partial charge in [-0.05, 0) is 30.9 Å². The van der Waals surface area contributed by atoms with E-state index in [0.717, 1.165) is 4.90 Å². The van der Waals surface area contributed by atoms with Crippen LogP contribution in [-0.2, 0) is 17.9 Å². The van der Waals surface area contributed by atoms with Crippen molar-refractivity contribution in [3.63, 3.8) is 0 Å². The highest BCUT2D eigenvalue weighted by molar-refractivity contribution is 5.96. The van der Waals surface area contributed by atoms with Crippen LogP contribution < -0.4 is 32.3 Å². The van der Waals surface area contributed by atoms with Crippen LogP contribution >= 0.6 is 0 Å². The maximum absolute atomic E-state index is 13.6. The lowest BCUT2D eigenvalue weighted by molar-refractivity contribution is -0.904. The molecule has 36 heavy (non-hydrogen) atoms. The predicted octanol–water partition coefficient (Wildman–Crippen LogP) is 0.105. The van der Waals surface area contributed by atoms with Gasteiger partial charge in [-0.15, -0.1) is 0 Å². The Morgan fingerprint density at radius 3 is 2.42 bits per heavy atom. The number of hydrogen-bond donors (Lipinski definition) is 4. The standard InChI is InChI=1S/C25H35N7O4/c1-6-30(13-19-27-18-10-8-7-9-17(18)23(34)28-19)14-20(33)31(11-15(2)3)21-22(26)32(12-16(4)5)25(36)29-24(21)35/h7-10,15-16H,6,11-14,26H2,1-5H3,(H,27,28,34)(H,29,35,36)/p+1. The molecule has 0 saturated heterocycles. The Kier molecular flexibility index (Phi) is 8.46. The molecule has 194 valence electrons. The van der Waals surface area contributed by atoms with Crippen LogP contribution in [0.25, 0.3) is 10.9 Å². The Morgan fingerprint density at radius 2 is 1.78 bits per heavy atom. The molecule has 0 saturated carbocycles. The van der Waals surface area contributed by atoms with Crippen LogP contribution in [-0.4, -0.2) is 45.1 Å². The van der Waals surface area contributed by atoms with Gasteiger partial charge in [-0.2, -0.15) is 0 Å². The lowest BCUT2D eigenvalue weighted by Gasteiger charge is -2.27. The molecule has 2 aromatic heterocycles. The number of hydrogen-bond acceptors (Lipinski definition) is 6. The first-order valence-electron chi connectivity index (χ1n) is 12.3. The fraction of sp³-hybridized carbons (Fsp3) is 0.480. The number of nitrogen functional groups attached to an aromatic ring is 1. The summed E-state index contributed by atoms with van der Waals surface area (Å²) in [7, 11) is 0. The first-order chi connectivity index (χ1) is 17.0. The number of likely N-dealkylation sites (N-methyl/N-ethyl adjacent to an activating group) is 1. The van der Waals surface area contributed by atoms with Gasteiger partial charge in [-0.3, -0.25) is 28.8 Å². The van der Waals surface area contributed by atoms with Gasteiger partial charge in [-0.1, -0.05) is 39.8 Å². The number of benzene rings is 1. The number of carbonyl (C=O) groups is 1. The minimum atomic E-state index is -0.690. The summed E-state index contributed by atoms with van der Waals surface area (Å²) in [6.07, 6.45) is 0. The number of fused-ring (bicyclic) bond motifs is 1. The van der Waals surface area contributed by atoms with Crippen LogP contribution in [0.2, 0.25) is 0 Å². The number of nitrogens with one attached hydrogen (secondary N) is 3. The number of aromatic nitrogens is 4. The molecular formula is C25H36N7O4+. The number of quaternary nitrogens is 1. The monoisotopic (exact) mass is 498 g/mol. The number of anilines is 2. The van der Waals surface area contributed by atoms with Crippen LogP contribution in [0.1, 0.15) is 40.4 Å². The zero-order chi connectivity index (χ0) is 26.6. The molecule has 2 heterocycles. The van der Waals surface area contributed by atoms with E-state index in [1.54, 1.807) is 18.2 Å². The van der Waals surface area contributed by atoms with Crippen molar-refractivity contribution < 1.29 is 9.69 Å². The number of para-hydroxylation sites is 1. The Balaban J connectivity index is 1.93. The number of aromatic amines is 2. The fourth-order valence-electron chi connectivity index (χ4n) is 4.14. The lowest BCUT2D eigenvalue weighted by Crippen LogP contribution is -3.11. The molecule has 0 aliphatic rings. The van der Waals surface area contributed by atoms with Gasteiger partial charge < -0.3 is 15.6 Å². The first-order valence-corrected chi connectivity index (χ1v) is 12.3. The van der Waals surface area contributed by atoms with Gasteiger partial charge in [0.15, 0.2) is 18.1 Å². The summed E-state index contributed by atoms with van der Waals surface area (Å²) in [4.78, 5) is 63.1. The van der Waals surface area contributed by atoms with E-state index in [9.17, 15) is 19.2 Å². The molecule has 0 spiro atoms. The molecule has 3 rings (SSSR count). The molecule has 1 unspecified atom stereocenters. The van der Waals surface area contributed by atoms with Crippen molar-refractivity contribution in [3.05, 3.63) is 61.3 Å². The molecule has 1 atom stereocenters. The first kappa shape index (κ1) is 26.9. The number of nitrogens with two attached hydrogens (primary N) is 1. The molecule has 0 aliphatic heterocycles. The third-order valence-corrected chi connectivity index (χ3v) is 5.86. The van der Waals surface area contributed by atoms with Gasteiger partial charge >= 0.3 is 5.69 Å². The second-order valence-corrected chi connectivity index (χ2v) is 9.88. The quantitative estimate of drug-likeness (QED) is 0.311. The van der Waals surface area contributed by atoms with E-state index in [1.165, 1.54) is 9.47 Å². The summed E-state index contributed by atoms with van der Waals surface area (Å²) in [6.45, 7) is 11.2. The van der Waals surface area contributed by atoms with Gasteiger partial charge in [-0.25, -0.2) is 9.78 Å². The topological polar surface area (TPSA) is 151 Å². The lowest BCUT2D eigenvalue weighted by atomic mass is 10.2. The minimum Gasteiger partial charge on any atom is -0.383 e. The zero-order valence-electron chi connectivity index (χ0n) is 21.6.